The zero-order valence-corrected chi connectivity index (χ0v) is 9.64. The molecule has 0 saturated carbocycles. The van der Waals surface area contributed by atoms with E-state index in [9.17, 15) is 5.21 Å². The number of nitrogens with zero attached hydrogens (tertiary/aromatic N) is 1. The standard InChI is InChI=1S/C11H19N3O/c1-10-5-13-3-4-14(6-10)8-11(2,7-13)9(10)12-15/h15H,3-8H2,1-2H3/p+2. The second-order valence-corrected chi connectivity index (χ2v) is 6.28. The number of quaternary nitrogens is 2. The number of rotatable bonds is 0. The number of piperidine rings is 2. The molecular formula is C11H21N3O+2. The number of oxime groups is 1. The smallest absolute Gasteiger partial charge is 0.127 e. The molecule has 4 rings (SSSR count). The van der Waals surface area contributed by atoms with Gasteiger partial charge in [-0.1, -0.05) is 5.16 Å². The van der Waals surface area contributed by atoms with Crippen molar-refractivity contribution in [1.82, 2.24) is 0 Å². The van der Waals surface area contributed by atoms with Crippen LogP contribution in [0.15, 0.2) is 5.16 Å². The summed E-state index contributed by atoms with van der Waals surface area (Å²) in [5.41, 5.74) is 1.35. The van der Waals surface area contributed by atoms with Gasteiger partial charge < -0.3 is 15.0 Å². The van der Waals surface area contributed by atoms with Gasteiger partial charge >= 0.3 is 0 Å². The molecule has 0 aliphatic carbocycles. The average Bonchev–Trinajstić information content (AvgIpc) is 2.30. The summed E-state index contributed by atoms with van der Waals surface area (Å²) in [6.07, 6.45) is 0. The van der Waals surface area contributed by atoms with Gasteiger partial charge in [-0.2, -0.15) is 0 Å². The summed E-state index contributed by atoms with van der Waals surface area (Å²) in [6.45, 7) is 11.8. The predicted molar refractivity (Wildman–Crippen MR) is 56.6 cm³/mol. The molecule has 0 aromatic carbocycles. The first-order valence-corrected chi connectivity index (χ1v) is 5.96. The van der Waals surface area contributed by atoms with E-state index in [0.717, 1.165) is 31.9 Å². The molecule has 4 fully saturated rings. The maximum atomic E-state index is 9.29. The first-order valence-electron chi connectivity index (χ1n) is 5.96. The molecule has 0 atom stereocenters. The highest BCUT2D eigenvalue weighted by molar-refractivity contribution is 5.95. The lowest BCUT2D eigenvalue weighted by molar-refractivity contribution is -0.918. The molecule has 4 saturated heterocycles. The summed E-state index contributed by atoms with van der Waals surface area (Å²) in [7, 11) is 0. The molecule has 4 heteroatoms. The lowest BCUT2D eigenvalue weighted by atomic mass is 9.64. The molecule has 0 spiro atoms. The summed E-state index contributed by atoms with van der Waals surface area (Å²) in [5.74, 6) is 0. The van der Waals surface area contributed by atoms with Crippen molar-refractivity contribution >= 4 is 5.71 Å². The number of fused-ring (bicyclic) bond motifs is 1. The molecule has 4 bridgehead atoms. The summed E-state index contributed by atoms with van der Waals surface area (Å²) in [5, 5.41) is 13.0. The van der Waals surface area contributed by atoms with Gasteiger partial charge in [0.15, 0.2) is 0 Å². The zero-order valence-electron chi connectivity index (χ0n) is 9.64. The fraction of sp³-hybridized carbons (Fsp3) is 0.909. The van der Waals surface area contributed by atoms with Crippen LogP contribution in [-0.2, 0) is 0 Å². The minimum Gasteiger partial charge on any atom is -0.411 e. The van der Waals surface area contributed by atoms with Crippen LogP contribution in [-0.4, -0.2) is 50.2 Å². The van der Waals surface area contributed by atoms with Crippen LogP contribution in [0.4, 0.5) is 0 Å². The van der Waals surface area contributed by atoms with Gasteiger partial charge in [0.2, 0.25) is 0 Å². The van der Waals surface area contributed by atoms with Crippen molar-refractivity contribution in [2.75, 3.05) is 39.3 Å². The van der Waals surface area contributed by atoms with E-state index in [2.05, 4.69) is 19.0 Å². The lowest BCUT2D eigenvalue weighted by Gasteiger charge is -2.48. The summed E-state index contributed by atoms with van der Waals surface area (Å²) < 4.78 is 0. The first-order chi connectivity index (χ1) is 7.06. The van der Waals surface area contributed by atoms with E-state index < -0.39 is 0 Å². The van der Waals surface area contributed by atoms with Crippen LogP contribution in [0.25, 0.3) is 0 Å². The third kappa shape index (κ3) is 1.18. The van der Waals surface area contributed by atoms with Gasteiger partial charge in [-0.3, -0.25) is 0 Å². The third-order valence-electron chi connectivity index (χ3n) is 4.64. The Morgan fingerprint density at radius 1 is 1.00 bits per heavy atom. The minimum absolute atomic E-state index is 0.140. The maximum absolute atomic E-state index is 9.29. The van der Waals surface area contributed by atoms with Crippen molar-refractivity contribution < 1.29 is 15.0 Å². The minimum atomic E-state index is 0.140. The number of hydrogen-bond acceptors (Lipinski definition) is 2. The first kappa shape index (κ1) is 9.60. The average molecular weight is 211 g/mol. The zero-order chi connectivity index (χ0) is 10.7. The number of nitrogens with one attached hydrogen (secondary N) is 2. The molecule has 3 N–H and O–H groups in total. The molecular weight excluding hydrogens is 190 g/mol. The van der Waals surface area contributed by atoms with E-state index >= 15 is 0 Å². The molecule has 0 aromatic heterocycles. The molecule has 84 valence electrons. The Bertz CT molecular complexity index is 286. The molecule has 15 heavy (non-hydrogen) atoms. The highest BCUT2D eigenvalue weighted by Gasteiger charge is 2.61. The quantitative estimate of drug-likeness (QED) is 0.304. The van der Waals surface area contributed by atoms with Crippen LogP contribution in [0.1, 0.15) is 13.8 Å². The monoisotopic (exact) mass is 211 g/mol. The van der Waals surface area contributed by atoms with Gasteiger partial charge in [-0.25, -0.2) is 0 Å². The molecule has 4 heterocycles. The van der Waals surface area contributed by atoms with Gasteiger partial charge in [0.05, 0.1) is 31.9 Å². The molecule has 4 aliphatic rings. The van der Waals surface area contributed by atoms with Crippen LogP contribution in [0.3, 0.4) is 0 Å². The van der Waals surface area contributed by atoms with Gasteiger partial charge in [-0.15, -0.1) is 0 Å². The van der Waals surface area contributed by atoms with Gasteiger partial charge in [0.1, 0.15) is 23.9 Å². The fourth-order valence-corrected chi connectivity index (χ4v) is 4.47. The lowest BCUT2D eigenvalue weighted by Crippen LogP contribution is -3.18. The Balaban J connectivity index is 2.11. The van der Waals surface area contributed by atoms with Crippen molar-refractivity contribution in [2.45, 2.75) is 13.8 Å². The van der Waals surface area contributed by atoms with Crippen LogP contribution >= 0.6 is 0 Å². The van der Waals surface area contributed by atoms with Crippen LogP contribution in [0, 0.1) is 10.8 Å². The second-order valence-electron chi connectivity index (χ2n) is 6.28. The molecule has 0 amide bonds. The largest absolute Gasteiger partial charge is 0.411 e. The summed E-state index contributed by atoms with van der Waals surface area (Å²) in [4.78, 5) is 3.42. The van der Waals surface area contributed by atoms with Gasteiger partial charge in [-0.05, 0) is 13.8 Å². The van der Waals surface area contributed by atoms with E-state index in [-0.39, 0.29) is 10.8 Å². The SMILES string of the molecule is CC12C[NH+]3CC[NH+](C1)CC(C)(C3)C2=NO. The summed E-state index contributed by atoms with van der Waals surface area (Å²) in [6, 6.07) is 0. The number of hydrogen-bond donors (Lipinski definition) is 3. The van der Waals surface area contributed by atoms with Gasteiger partial charge in [0.25, 0.3) is 0 Å². The highest BCUT2D eigenvalue weighted by Crippen LogP contribution is 2.34. The topological polar surface area (TPSA) is 41.5 Å². The Morgan fingerprint density at radius 2 is 1.40 bits per heavy atom. The third-order valence-corrected chi connectivity index (χ3v) is 4.64. The highest BCUT2D eigenvalue weighted by atomic mass is 16.4. The summed E-state index contributed by atoms with van der Waals surface area (Å²) >= 11 is 0. The van der Waals surface area contributed by atoms with Crippen LogP contribution in [0.2, 0.25) is 0 Å². The normalized spacial score (nSPS) is 53.1. The van der Waals surface area contributed by atoms with Crippen molar-refractivity contribution in [3.05, 3.63) is 0 Å². The van der Waals surface area contributed by atoms with Crippen molar-refractivity contribution in [3.8, 4) is 0 Å². The maximum Gasteiger partial charge on any atom is 0.127 e. The van der Waals surface area contributed by atoms with Crippen molar-refractivity contribution in [1.29, 1.82) is 0 Å². The molecule has 0 radical (unpaired) electrons. The van der Waals surface area contributed by atoms with E-state index in [1.807, 2.05) is 0 Å². The fourth-order valence-electron chi connectivity index (χ4n) is 4.47. The van der Waals surface area contributed by atoms with E-state index in [0.29, 0.717) is 0 Å². The Labute approximate surface area is 90.5 Å². The van der Waals surface area contributed by atoms with Crippen molar-refractivity contribution in [3.63, 3.8) is 0 Å². The van der Waals surface area contributed by atoms with Gasteiger partial charge in [0, 0.05) is 0 Å². The van der Waals surface area contributed by atoms with E-state index in [1.54, 1.807) is 9.80 Å². The molecule has 4 nitrogen and oxygen atoms in total. The Hall–Kier alpha value is -0.610. The molecule has 4 aliphatic heterocycles. The van der Waals surface area contributed by atoms with Crippen LogP contribution < -0.4 is 9.80 Å². The second kappa shape index (κ2) is 2.74. The predicted octanol–water partition coefficient (Wildman–Crippen LogP) is -2.36. The van der Waals surface area contributed by atoms with Crippen molar-refractivity contribution in [2.24, 2.45) is 16.0 Å². The van der Waals surface area contributed by atoms with E-state index in [1.165, 1.54) is 13.1 Å². The molecule has 0 unspecified atom stereocenters. The van der Waals surface area contributed by atoms with Crippen LogP contribution in [0.5, 0.6) is 0 Å². The Kier molecular flexibility index (Phi) is 1.75. The molecule has 0 aromatic rings. The Morgan fingerprint density at radius 3 is 1.73 bits per heavy atom. The van der Waals surface area contributed by atoms with E-state index in [4.69, 9.17) is 0 Å².